The Labute approximate surface area is 151 Å². The van der Waals surface area contributed by atoms with Crippen LogP contribution in [0.15, 0.2) is 24.3 Å². The number of carbonyl (C=O) groups excluding carboxylic acids is 1. The van der Waals surface area contributed by atoms with Gasteiger partial charge in [0.15, 0.2) is 0 Å². The summed E-state index contributed by atoms with van der Waals surface area (Å²) in [6.45, 7) is 2.91. The number of carbonyl (C=O) groups is 1. The van der Waals surface area contributed by atoms with E-state index < -0.39 is 19.0 Å². The number of amides is 1. The molecule has 3 nitrogen and oxygen atoms in total. The summed E-state index contributed by atoms with van der Waals surface area (Å²) >= 11 is 0. The third-order valence-electron chi connectivity index (χ3n) is 5.41. The molecule has 0 radical (unpaired) electrons. The van der Waals surface area contributed by atoms with Crippen LogP contribution in [0.25, 0.3) is 0 Å². The summed E-state index contributed by atoms with van der Waals surface area (Å²) in [5.74, 6) is -0.329. The molecule has 0 spiro atoms. The fourth-order valence-electron chi connectivity index (χ4n) is 4.17. The molecule has 0 saturated carbocycles. The first-order chi connectivity index (χ1) is 12.3. The van der Waals surface area contributed by atoms with Crippen LogP contribution in [0.2, 0.25) is 0 Å². The zero-order valence-corrected chi connectivity index (χ0v) is 14.6. The average molecular weight is 372 g/mol. The highest BCUT2D eigenvalue weighted by Crippen LogP contribution is 2.32. The van der Waals surface area contributed by atoms with Crippen molar-refractivity contribution in [3.8, 4) is 0 Å². The second-order valence-electron chi connectivity index (χ2n) is 7.32. The normalized spacial score (nSPS) is 24.4. The second kappa shape index (κ2) is 7.94. The Morgan fingerprint density at radius 2 is 1.85 bits per heavy atom. The van der Waals surface area contributed by atoms with Gasteiger partial charge in [-0.1, -0.05) is 12.1 Å². The van der Waals surface area contributed by atoms with E-state index in [0.29, 0.717) is 12.5 Å². The predicted octanol–water partition coefficient (Wildman–Crippen LogP) is 3.98. The number of hydrogen-bond donors (Lipinski definition) is 0. The average Bonchev–Trinajstić information content (AvgIpc) is 2.60. The molecule has 2 aliphatic heterocycles. The minimum atomic E-state index is -4.29. The van der Waals surface area contributed by atoms with E-state index in [-0.39, 0.29) is 17.8 Å². The van der Waals surface area contributed by atoms with Gasteiger partial charge in [0.2, 0.25) is 5.91 Å². The molecule has 2 heterocycles. The first kappa shape index (κ1) is 19.1. The van der Waals surface area contributed by atoms with Crippen molar-refractivity contribution in [3.05, 3.63) is 35.6 Å². The summed E-state index contributed by atoms with van der Waals surface area (Å²) in [5, 5.41) is 0. The molecule has 0 aliphatic carbocycles. The van der Waals surface area contributed by atoms with E-state index in [9.17, 15) is 22.4 Å². The topological polar surface area (TPSA) is 23.6 Å². The van der Waals surface area contributed by atoms with Gasteiger partial charge in [-0.25, -0.2) is 4.39 Å². The summed E-state index contributed by atoms with van der Waals surface area (Å²) in [6.07, 6.45) is -3.17. The standard InChI is InChI=1S/C19H24F4N2O/c20-16-5-3-14(4-6-16)12-24-11-8-17-15(13-24)2-1-10-25(17)18(26)7-9-19(21,22)23/h3-6,15,17H,1-2,7-13H2/t15-,17-/m1/s1. The summed E-state index contributed by atoms with van der Waals surface area (Å²) in [4.78, 5) is 16.3. The SMILES string of the molecule is O=C(CCC(F)(F)F)N1CCC[C@@H]2CN(Cc3ccc(F)cc3)CC[C@H]21. The number of halogens is 4. The number of fused-ring (bicyclic) bond motifs is 1. The third-order valence-corrected chi connectivity index (χ3v) is 5.41. The smallest absolute Gasteiger partial charge is 0.339 e. The minimum Gasteiger partial charge on any atom is -0.339 e. The molecule has 1 aromatic carbocycles. The summed E-state index contributed by atoms with van der Waals surface area (Å²) < 4.78 is 50.2. The zero-order valence-electron chi connectivity index (χ0n) is 14.6. The van der Waals surface area contributed by atoms with Crippen LogP contribution in [0.5, 0.6) is 0 Å². The molecular weight excluding hydrogens is 348 g/mol. The number of nitrogens with zero attached hydrogens (tertiary/aromatic N) is 2. The maximum absolute atomic E-state index is 13.0. The Hall–Kier alpha value is -1.63. The molecule has 1 aromatic rings. The lowest BCUT2D eigenvalue weighted by Crippen LogP contribution is -2.55. The monoisotopic (exact) mass is 372 g/mol. The fraction of sp³-hybridized carbons (Fsp3) is 0.632. The predicted molar refractivity (Wildman–Crippen MR) is 89.8 cm³/mol. The first-order valence-electron chi connectivity index (χ1n) is 9.15. The van der Waals surface area contributed by atoms with Crippen LogP contribution in [0.3, 0.4) is 0 Å². The van der Waals surface area contributed by atoms with Crippen molar-refractivity contribution in [1.29, 1.82) is 0 Å². The molecule has 1 amide bonds. The maximum Gasteiger partial charge on any atom is 0.389 e. The van der Waals surface area contributed by atoms with Crippen molar-refractivity contribution in [2.75, 3.05) is 19.6 Å². The molecule has 2 saturated heterocycles. The van der Waals surface area contributed by atoms with Gasteiger partial charge in [0.1, 0.15) is 5.82 Å². The number of rotatable bonds is 4. The van der Waals surface area contributed by atoms with Gasteiger partial charge in [0.05, 0.1) is 6.42 Å². The summed E-state index contributed by atoms with van der Waals surface area (Å²) in [5.41, 5.74) is 1.04. The van der Waals surface area contributed by atoms with Gasteiger partial charge in [0.25, 0.3) is 0 Å². The number of benzene rings is 1. The molecule has 144 valence electrons. The number of hydrogen-bond acceptors (Lipinski definition) is 2. The molecule has 26 heavy (non-hydrogen) atoms. The van der Waals surface area contributed by atoms with Gasteiger partial charge in [0, 0.05) is 38.6 Å². The third kappa shape index (κ3) is 4.96. The molecule has 2 fully saturated rings. The van der Waals surface area contributed by atoms with E-state index in [1.54, 1.807) is 17.0 Å². The largest absolute Gasteiger partial charge is 0.389 e. The highest BCUT2D eigenvalue weighted by atomic mass is 19.4. The van der Waals surface area contributed by atoms with E-state index >= 15 is 0 Å². The number of likely N-dealkylation sites (tertiary alicyclic amines) is 2. The number of alkyl halides is 3. The summed E-state index contributed by atoms with van der Waals surface area (Å²) in [7, 11) is 0. The van der Waals surface area contributed by atoms with Crippen molar-refractivity contribution in [3.63, 3.8) is 0 Å². The van der Waals surface area contributed by atoms with Gasteiger partial charge in [-0.3, -0.25) is 9.69 Å². The van der Waals surface area contributed by atoms with Crippen LogP contribution >= 0.6 is 0 Å². The highest BCUT2D eigenvalue weighted by Gasteiger charge is 2.39. The van der Waals surface area contributed by atoms with Crippen LogP contribution in [0.1, 0.15) is 37.7 Å². The van der Waals surface area contributed by atoms with Gasteiger partial charge in [-0.15, -0.1) is 0 Å². The molecule has 7 heteroatoms. The van der Waals surface area contributed by atoms with Gasteiger partial charge in [-0.2, -0.15) is 13.2 Å². The first-order valence-corrected chi connectivity index (χ1v) is 9.15. The minimum absolute atomic E-state index is 0.0500. The van der Waals surface area contributed by atoms with Crippen molar-refractivity contribution < 1.29 is 22.4 Å². The molecule has 2 aliphatic rings. The van der Waals surface area contributed by atoms with Crippen molar-refractivity contribution in [2.24, 2.45) is 5.92 Å². The van der Waals surface area contributed by atoms with Gasteiger partial charge < -0.3 is 4.90 Å². The van der Waals surface area contributed by atoms with Crippen LogP contribution < -0.4 is 0 Å². The molecule has 0 bridgehead atoms. The van der Waals surface area contributed by atoms with Crippen molar-refractivity contribution in [1.82, 2.24) is 9.80 Å². The highest BCUT2D eigenvalue weighted by molar-refractivity contribution is 5.76. The van der Waals surface area contributed by atoms with Crippen molar-refractivity contribution in [2.45, 2.75) is 50.9 Å². The van der Waals surface area contributed by atoms with Crippen LogP contribution in [0.4, 0.5) is 17.6 Å². The lowest BCUT2D eigenvalue weighted by Gasteiger charge is -2.47. The Kier molecular flexibility index (Phi) is 5.85. The second-order valence-corrected chi connectivity index (χ2v) is 7.32. The lowest BCUT2D eigenvalue weighted by atomic mass is 9.83. The summed E-state index contributed by atoms with van der Waals surface area (Å²) in [6, 6.07) is 6.49. The van der Waals surface area contributed by atoms with Crippen LogP contribution in [-0.4, -0.2) is 47.6 Å². The molecule has 3 rings (SSSR count). The Bertz CT molecular complexity index is 617. The maximum atomic E-state index is 13.0. The van der Waals surface area contributed by atoms with Crippen molar-refractivity contribution >= 4 is 5.91 Å². The van der Waals surface area contributed by atoms with Gasteiger partial charge >= 0.3 is 6.18 Å². The molecule has 0 unspecified atom stereocenters. The van der Waals surface area contributed by atoms with Crippen LogP contribution in [-0.2, 0) is 11.3 Å². The molecule has 0 N–H and O–H groups in total. The molecule has 2 atom stereocenters. The van der Waals surface area contributed by atoms with E-state index in [1.165, 1.54) is 12.1 Å². The lowest BCUT2D eigenvalue weighted by molar-refractivity contribution is -0.153. The Balaban J connectivity index is 1.56. The van der Waals surface area contributed by atoms with E-state index in [4.69, 9.17) is 0 Å². The number of piperidine rings is 2. The van der Waals surface area contributed by atoms with E-state index in [0.717, 1.165) is 44.5 Å². The fourth-order valence-corrected chi connectivity index (χ4v) is 4.17. The molecule has 0 aromatic heterocycles. The quantitative estimate of drug-likeness (QED) is 0.747. The Morgan fingerprint density at radius 1 is 1.12 bits per heavy atom. The van der Waals surface area contributed by atoms with Gasteiger partial charge in [-0.05, 0) is 42.9 Å². The van der Waals surface area contributed by atoms with E-state index in [1.807, 2.05) is 0 Å². The molecular formula is C19H24F4N2O. The van der Waals surface area contributed by atoms with E-state index in [2.05, 4.69) is 4.90 Å². The Morgan fingerprint density at radius 3 is 2.54 bits per heavy atom. The zero-order chi connectivity index (χ0) is 18.7. The van der Waals surface area contributed by atoms with Crippen LogP contribution in [0, 0.1) is 11.7 Å².